The third kappa shape index (κ3) is 5.60. The molecule has 57 heavy (non-hydrogen) atoms. The first-order valence-electron chi connectivity index (χ1n) is 20.3. The van der Waals surface area contributed by atoms with Gasteiger partial charge >= 0.3 is 0 Å². The van der Waals surface area contributed by atoms with Crippen LogP contribution in [0.3, 0.4) is 0 Å². The van der Waals surface area contributed by atoms with Crippen molar-refractivity contribution in [3.63, 3.8) is 0 Å². The van der Waals surface area contributed by atoms with Crippen LogP contribution in [0, 0.1) is 0 Å². The van der Waals surface area contributed by atoms with Crippen LogP contribution in [0.15, 0.2) is 192 Å². The van der Waals surface area contributed by atoms with E-state index in [0.29, 0.717) is 0 Å². The Kier molecular flexibility index (Phi) is 7.79. The maximum atomic E-state index is 6.75. The number of rotatable bonds is 7. The van der Waals surface area contributed by atoms with E-state index in [-0.39, 0.29) is 11.3 Å². The lowest BCUT2D eigenvalue weighted by Crippen LogP contribution is -2.15. The summed E-state index contributed by atoms with van der Waals surface area (Å²) in [5.74, 6) is 0.195. The molecule has 1 heteroatoms. The molecule has 0 amide bonds. The summed E-state index contributed by atoms with van der Waals surface area (Å²) in [5, 5.41) is 7.32. The molecule has 0 saturated carbocycles. The summed E-state index contributed by atoms with van der Waals surface area (Å²) in [4.78, 5) is 0. The SMILES string of the molecule is CC1(C)c2ccccc2-c2ccc(C(CCc3ccc(-c4ccccc4)cc3)c3ccc4oc5cc(-c6ccc7ccccc7c6)c6ccccc6c5c4c3)cc21. The van der Waals surface area contributed by atoms with Crippen LogP contribution in [0.4, 0.5) is 0 Å². The van der Waals surface area contributed by atoms with Gasteiger partial charge in [-0.05, 0) is 120 Å². The van der Waals surface area contributed by atoms with Crippen LogP contribution in [0.1, 0.15) is 54.0 Å². The van der Waals surface area contributed by atoms with Gasteiger partial charge in [0.2, 0.25) is 0 Å². The van der Waals surface area contributed by atoms with Crippen LogP contribution in [0.5, 0.6) is 0 Å². The molecule has 9 aromatic carbocycles. The fourth-order valence-corrected chi connectivity index (χ4v) is 9.74. The first-order valence-corrected chi connectivity index (χ1v) is 20.3. The molecule has 1 atom stereocenters. The number of furan rings is 1. The minimum atomic E-state index is -0.0634. The molecule has 1 aliphatic rings. The summed E-state index contributed by atoms with van der Waals surface area (Å²) in [6, 6.07) is 69.5. The predicted molar refractivity (Wildman–Crippen MR) is 240 cm³/mol. The number of hydrogen-bond acceptors (Lipinski definition) is 1. The molecule has 272 valence electrons. The quantitative estimate of drug-likeness (QED) is 0.159. The number of hydrogen-bond donors (Lipinski definition) is 0. The highest BCUT2D eigenvalue weighted by Gasteiger charge is 2.35. The summed E-state index contributed by atoms with van der Waals surface area (Å²) in [7, 11) is 0. The van der Waals surface area contributed by atoms with Gasteiger partial charge in [-0.3, -0.25) is 0 Å². The van der Waals surface area contributed by atoms with E-state index in [4.69, 9.17) is 4.42 Å². The first kappa shape index (κ1) is 33.6. The van der Waals surface area contributed by atoms with Gasteiger partial charge in [-0.2, -0.15) is 0 Å². The van der Waals surface area contributed by atoms with Crippen molar-refractivity contribution < 1.29 is 4.42 Å². The molecular weight excluding hydrogens is 689 g/mol. The van der Waals surface area contributed by atoms with Gasteiger partial charge in [0.05, 0.1) is 0 Å². The van der Waals surface area contributed by atoms with Gasteiger partial charge in [0.1, 0.15) is 11.2 Å². The number of fused-ring (bicyclic) bond motifs is 9. The molecule has 0 spiro atoms. The highest BCUT2D eigenvalue weighted by molar-refractivity contribution is 6.22. The second kappa shape index (κ2) is 13.2. The van der Waals surface area contributed by atoms with Gasteiger partial charge in [0, 0.05) is 22.1 Å². The lowest BCUT2D eigenvalue weighted by molar-refractivity contribution is 0.654. The minimum Gasteiger partial charge on any atom is -0.456 e. The second-order valence-electron chi connectivity index (χ2n) is 16.4. The molecule has 0 saturated heterocycles. The molecule has 1 unspecified atom stereocenters. The molecule has 1 heterocycles. The van der Waals surface area contributed by atoms with E-state index in [9.17, 15) is 0 Å². The van der Waals surface area contributed by atoms with Gasteiger partial charge in [0.15, 0.2) is 0 Å². The Hall–Kier alpha value is -6.70. The monoisotopic (exact) mass is 730 g/mol. The van der Waals surface area contributed by atoms with Gasteiger partial charge < -0.3 is 4.42 Å². The molecule has 1 nitrogen and oxygen atoms in total. The topological polar surface area (TPSA) is 13.1 Å². The standard InChI is InChI=1S/C56H42O/c1-56(2)51-19-11-10-17-46(51)47-30-27-43(34-52(47)56)44(29-22-36-20-23-39(24-21-36)37-12-4-3-5-13-37)42-28-31-53-50(33-42)55-48-18-9-8-16-45(48)49(35-54(55)57-53)41-26-25-38-14-6-7-15-40(38)32-41/h3-21,23-28,30-35,44H,22,29H2,1-2H3. The van der Waals surface area contributed by atoms with Crippen molar-refractivity contribution in [1.29, 1.82) is 0 Å². The van der Waals surface area contributed by atoms with Crippen molar-refractivity contribution in [3.05, 3.63) is 216 Å². The van der Waals surface area contributed by atoms with Crippen molar-refractivity contribution in [2.45, 2.75) is 38.0 Å². The fraction of sp³-hybridized carbons (Fsp3) is 0.107. The van der Waals surface area contributed by atoms with Crippen LogP contribution in [0.25, 0.3) is 76.9 Å². The smallest absolute Gasteiger partial charge is 0.136 e. The highest BCUT2D eigenvalue weighted by atomic mass is 16.3. The van der Waals surface area contributed by atoms with Crippen molar-refractivity contribution in [2.24, 2.45) is 0 Å². The Bertz CT molecular complexity index is 3140. The van der Waals surface area contributed by atoms with E-state index in [0.717, 1.165) is 24.0 Å². The molecule has 1 aromatic heterocycles. The van der Waals surface area contributed by atoms with E-state index in [1.54, 1.807) is 0 Å². The average molecular weight is 731 g/mol. The number of benzene rings is 9. The zero-order valence-electron chi connectivity index (χ0n) is 32.3. The summed E-state index contributed by atoms with van der Waals surface area (Å²) >= 11 is 0. The zero-order chi connectivity index (χ0) is 38.1. The van der Waals surface area contributed by atoms with Crippen molar-refractivity contribution in [3.8, 4) is 33.4 Å². The van der Waals surface area contributed by atoms with Crippen molar-refractivity contribution in [2.75, 3.05) is 0 Å². The van der Waals surface area contributed by atoms with Crippen molar-refractivity contribution >= 4 is 43.5 Å². The summed E-state index contributed by atoms with van der Waals surface area (Å²) in [6.07, 6.45) is 1.97. The fourth-order valence-electron chi connectivity index (χ4n) is 9.74. The van der Waals surface area contributed by atoms with Crippen LogP contribution in [0.2, 0.25) is 0 Å². The Balaban J connectivity index is 1.03. The molecule has 11 rings (SSSR count). The van der Waals surface area contributed by atoms with Crippen LogP contribution in [-0.4, -0.2) is 0 Å². The normalized spacial score (nSPS) is 13.6. The third-order valence-electron chi connectivity index (χ3n) is 12.8. The molecule has 0 fully saturated rings. The summed E-state index contributed by atoms with van der Waals surface area (Å²) in [5.41, 5.74) is 16.3. The average Bonchev–Trinajstić information content (AvgIpc) is 3.75. The van der Waals surface area contributed by atoms with E-state index < -0.39 is 0 Å². The van der Waals surface area contributed by atoms with Crippen LogP contribution in [-0.2, 0) is 11.8 Å². The van der Waals surface area contributed by atoms with Crippen molar-refractivity contribution in [1.82, 2.24) is 0 Å². The Labute approximate surface area is 333 Å². The molecular formula is C56H42O. The van der Waals surface area contributed by atoms with Crippen LogP contribution >= 0.6 is 0 Å². The van der Waals surface area contributed by atoms with E-state index >= 15 is 0 Å². The molecule has 1 aliphatic carbocycles. The van der Waals surface area contributed by atoms with E-state index in [1.165, 1.54) is 93.5 Å². The predicted octanol–water partition coefficient (Wildman–Crippen LogP) is 15.3. The Morgan fingerprint density at radius 1 is 0.439 bits per heavy atom. The highest BCUT2D eigenvalue weighted by Crippen LogP contribution is 2.50. The molecule has 0 N–H and O–H groups in total. The maximum absolute atomic E-state index is 6.75. The molecule has 0 bridgehead atoms. The largest absolute Gasteiger partial charge is 0.456 e. The Morgan fingerprint density at radius 3 is 1.96 bits per heavy atom. The number of aryl methyl sites for hydroxylation is 1. The van der Waals surface area contributed by atoms with Gasteiger partial charge in [-0.25, -0.2) is 0 Å². The third-order valence-corrected chi connectivity index (χ3v) is 12.8. The van der Waals surface area contributed by atoms with Gasteiger partial charge in [0.25, 0.3) is 0 Å². The second-order valence-corrected chi connectivity index (χ2v) is 16.4. The Morgan fingerprint density at radius 2 is 1.11 bits per heavy atom. The van der Waals surface area contributed by atoms with E-state index in [1.807, 2.05) is 0 Å². The molecule has 0 aliphatic heterocycles. The lowest BCUT2D eigenvalue weighted by atomic mass is 9.79. The summed E-state index contributed by atoms with van der Waals surface area (Å²) in [6.45, 7) is 4.76. The molecule has 10 aromatic rings. The van der Waals surface area contributed by atoms with E-state index in [2.05, 4.69) is 202 Å². The lowest BCUT2D eigenvalue weighted by Gasteiger charge is -2.24. The minimum absolute atomic E-state index is 0.0634. The van der Waals surface area contributed by atoms with Gasteiger partial charge in [-0.15, -0.1) is 0 Å². The maximum Gasteiger partial charge on any atom is 0.136 e. The summed E-state index contributed by atoms with van der Waals surface area (Å²) < 4.78 is 6.75. The van der Waals surface area contributed by atoms with Gasteiger partial charge in [-0.1, -0.05) is 178 Å². The first-order chi connectivity index (χ1) is 28.0. The zero-order valence-corrected chi connectivity index (χ0v) is 32.3. The molecule has 0 radical (unpaired) electrons. The van der Waals surface area contributed by atoms with Crippen LogP contribution < -0.4 is 0 Å².